The third-order valence-electron chi connectivity index (χ3n) is 3.67. The minimum absolute atomic E-state index is 0.203. The van der Waals surface area contributed by atoms with E-state index in [1.165, 1.54) is 0 Å². The number of phenolic OH excluding ortho intramolecular Hbond substituents is 1. The Morgan fingerprint density at radius 1 is 1.24 bits per heavy atom. The maximum Gasteiger partial charge on any atom is 0.258 e. The standard InChI is InChI=1S/C15H18N2O4/c1-2-20-15(7-9-19-10-8-15)14-16-13(21-17-14)11-3-5-12(18)6-4-11/h3-6,18H,2,7-10H2,1H3. The van der Waals surface area contributed by atoms with Crippen LogP contribution in [-0.2, 0) is 15.1 Å². The average Bonchev–Trinajstić information content (AvgIpc) is 3.00. The quantitative estimate of drug-likeness (QED) is 0.932. The van der Waals surface area contributed by atoms with E-state index in [0.29, 0.717) is 31.5 Å². The highest BCUT2D eigenvalue weighted by atomic mass is 16.5. The molecule has 2 heterocycles. The van der Waals surface area contributed by atoms with Crippen molar-refractivity contribution in [2.75, 3.05) is 19.8 Å². The molecule has 1 fully saturated rings. The molecule has 112 valence electrons. The molecule has 0 saturated carbocycles. The third kappa shape index (κ3) is 2.77. The Morgan fingerprint density at radius 3 is 2.62 bits per heavy atom. The smallest absolute Gasteiger partial charge is 0.258 e. The summed E-state index contributed by atoms with van der Waals surface area (Å²) in [6, 6.07) is 6.66. The van der Waals surface area contributed by atoms with E-state index in [0.717, 1.165) is 18.4 Å². The van der Waals surface area contributed by atoms with Crippen LogP contribution in [0.1, 0.15) is 25.6 Å². The van der Waals surface area contributed by atoms with Gasteiger partial charge in [-0.15, -0.1) is 0 Å². The van der Waals surface area contributed by atoms with Gasteiger partial charge in [-0.05, 0) is 31.2 Å². The summed E-state index contributed by atoms with van der Waals surface area (Å²) in [5, 5.41) is 13.4. The number of hydrogen-bond donors (Lipinski definition) is 1. The summed E-state index contributed by atoms with van der Waals surface area (Å²) >= 11 is 0. The fourth-order valence-electron chi connectivity index (χ4n) is 2.54. The summed E-state index contributed by atoms with van der Waals surface area (Å²) in [7, 11) is 0. The first-order chi connectivity index (χ1) is 10.2. The SMILES string of the molecule is CCOC1(c2noc(-c3ccc(O)cc3)n2)CCOCC1. The number of phenols is 1. The Balaban J connectivity index is 1.90. The van der Waals surface area contributed by atoms with Gasteiger partial charge in [0.25, 0.3) is 5.89 Å². The fraction of sp³-hybridized carbons (Fsp3) is 0.467. The predicted molar refractivity (Wildman–Crippen MR) is 74.8 cm³/mol. The maximum atomic E-state index is 9.32. The first kappa shape index (κ1) is 14.0. The lowest BCUT2D eigenvalue weighted by Gasteiger charge is -2.33. The lowest BCUT2D eigenvalue weighted by atomic mass is 9.93. The molecule has 1 saturated heterocycles. The number of aromatic hydroxyl groups is 1. The average molecular weight is 290 g/mol. The molecule has 0 bridgehead atoms. The molecule has 1 N–H and O–H groups in total. The molecule has 21 heavy (non-hydrogen) atoms. The van der Waals surface area contributed by atoms with Crippen molar-refractivity contribution in [2.24, 2.45) is 0 Å². The van der Waals surface area contributed by atoms with Crippen LogP contribution in [0.2, 0.25) is 0 Å². The number of aromatic nitrogens is 2. The molecule has 1 aliphatic heterocycles. The first-order valence-corrected chi connectivity index (χ1v) is 7.09. The van der Waals surface area contributed by atoms with Crippen LogP contribution in [-0.4, -0.2) is 35.1 Å². The number of benzene rings is 1. The molecule has 6 heteroatoms. The van der Waals surface area contributed by atoms with E-state index < -0.39 is 5.60 Å². The Hall–Kier alpha value is -1.92. The van der Waals surface area contributed by atoms with Gasteiger partial charge in [-0.25, -0.2) is 0 Å². The molecular weight excluding hydrogens is 272 g/mol. The second kappa shape index (κ2) is 5.83. The lowest BCUT2D eigenvalue weighted by molar-refractivity contribution is -0.118. The summed E-state index contributed by atoms with van der Waals surface area (Å²) in [6.45, 7) is 3.80. The highest BCUT2D eigenvalue weighted by Gasteiger charge is 2.39. The van der Waals surface area contributed by atoms with Crippen LogP contribution in [0.4, 0.5) is 0 Å². The van der Waals surface area contributed by atoms with E-state index in [-0.39, 0.29) is 5.75 Å². The highest BCUT2D eigenvalue weighted by molar-refractivity contribution is 5.54. The molecule has 1 aromatic carbocycles. The van der Waals surface area contributed by atoms with Gasteiger partial charge in [-0.2, -0.15) is 4.98 Å². The fourth-order valence-corrected chi connectivity index (χ4v) is 2.54. The predicted octanol–water partition coefficient (Wildman–Crippen LogP) is 2.48. The number of hydrogen-bond acceptors (Lipinski definition) is 6. The normalized spacial score (nSPS) is 17.8. The van der Waals surface area contributed by atoms with E-state index in [9.17, 15) is 5.11 Å². The molecule has 0 amide bonds. The molecule has 0 aliphatic carbocycles. The van der Waals surface area contributed by atoms with Crippen LogP contribution in [0.5, 0.6) is 5.75 Å². The Morgan fingerprint density at radius 2 is 1.95 bits per heavy atom. The van der Waals surface area contributed by atoms with Crippen LogP contribution in [0.15, 0.2) is 28.8 Å². The van der Waals surface area contributed by atoms with Crippen LogP contribution in [0, 0.1) is 0 Å². The van der Waals surface area contributed by atoms with E-state index in [4.69, 9.17) is 14.0 Å². The Bertz CT molecular complexity index is 582. The summed E-state index contributed by atoms with van der Waals surface area (Å²) in [6.07, 6.45) is 1.44. The zero-order valence-electron chi connectivity index (χ0n) is 11.9. The summed E-state index contributed by atoms with van der Waals surface area (Å²) < 4.78 is 16.7. The van der Waals surface area contributed by atoms with Crippen LogP contribution in [0.3, 0.4) is 0 Å². The molecule has 2 aromatic rings. The van der Waals surface area contributed by atoms with Crippen molar-refractivity contribution in [3.8, 4) is 17.2 Å². The zero-order chi connectivity index (χ0) is 14.7. The second-order valence-corrected chi connectivity index (χ2v) is 5.01. The van der Waals surface area contributed by atoms with E-state index in [1.54, 1.807) is 24.3 Å². The van der Waals surface area contributed by atoms with Crippen LogP contribution in [0.25, 0.3) is 11.5 Å². The van der Waals surface area contributed by atoms with Gasteiger partial charge in [0.15, 0.2) is 0 Å². The Kier molecular flexibility index (Phi) is 3.90. The molecule has 0 unspecified atom stereocenters. The van der Waals surface area contributed by atoms with Gasteiger partial charge in [0, 0.05) is 38.2 Å². The summed E-state index contributed by atoms with van der Waals surface area (Å²) in [5.74, 6) is 1.19. The summed E-state index contributed by atoms with van der Waals surface area (Å²) in [4.78, 5) is 4.48. The number of rotatable bonds is 4. The van der Waals surface area contributed by atoms with Gasteiger partial charge >= 0.3 is 0 Å². The van der Waals surface area contributed by atoms with Crippen molar-refractivity contribution in [3.63, 3.8) is 0 Å². The van der Waals surface area contributed by atoms with Gasteiger partial charge < -0.3 is 19.1 Å². The monoisotopic (exact) mass is 290 g/mol. The van der Waals surface area contributed by atoms with Gasteiger partial charge in [0.1, 0.15) is 11.4 Å². The lowest BCUT2D eigenvalue weighted by Crippen LogP contribution is -2.37. The van der Waals surface area contributed by atoms with Crippen molar-refractivity contribution in [1.29, 1.82) is 0 Å². The molecule has 0 atom stereocenters. The van der Waals surface area contributed by atoms with Crippen LogP contribution < -0.4 is 0 Å². The topological polar surface area (TPSA) is 77.6 Å². The molecule has 6 nitrogen and oxygen atoms in total. The zero-order valence-corrected chi connectivity index (χ0v) is 11.9. The largest absolute Gasteiger partial charge is 0.508 e. The molecule has 1 aliphatic rings. The van der Waals surface area contributed by atoms with E-state index in [1.807, 2.05) is 6.92 Å². The minimum Gasteiger partial charge on any atom is -0.508 e. The van der Waals surface area contributed by atoms with Gasteiger partial charge in [-0.3, -0.25) is 0 Å². The van der Waals surface area contributed by atoms with Crippen molar-refractivity contribution < 1.29 is 19.1 Å². The first-order valence-electron chi connectivity index (χ1n) is 7.09. The maximum absolute atomic E-state index is 9.32. The highest BCUT2D eigenvalue weighted by Crippen LogP contribution is 2.35. The minimum atomic E-state index is -0.522. The van der Waals surface area contributed by atoms with Crippen molar-refractivity contribution in [2.45, 2.75) is 25.4 Å². The number of ether oxygens (including phenoxy) is 2. The molecule has 0 spiro atoms. The Labute approximate surface area is 122 Å². The number of nitrogens with zero attached hydrogens (tertiary/aromatic N) is 2. The van der Waals surface area contributed by atoms with E-state index in [2.05, 4.69) is 10.1 Å². The van der Waals surface area contributed by atoms with Crippen molar-refractivity contribution >= 4 is 0 Å². The molecule has 1 aromatic heterocycles. The van der Waals surface area contributed by atoms with Gasteiger partial charge in [0.05, 0.1) is 0 Å². The van der Waals surface area contributed by atoms with Crippen molar-refractivity contribution in [1.82, 2.24) is 10.1 Å². The van der Waals surface area contributed by atoms with Crippen molar-refractivity contribution in [3.05, 3.63) is 30.1 Å². The summed E-state index contributed by atoms with van der Waals surface area (Å²) in [5.41, 5.74) is 0.247. The van der Waals surface area contributed by atoms with Crippen LogP contribution >= 0.6 is 0 Å². The van der Waals surface area contributed by atoms with E-state index >= 15 is 0 Å². The molecule has 0 radical (unpaired) electrons. The third-order valence-corrected chi connectivity index (χ3v) is 3.67. The molecule has 3 rings (SSSR count). The second-order valence-electron chi connectivity index (χ2n) is 5.01. The van der Waals surface area contributed by atoms with Gasteiger partial charge in [-0.1, -0.05) is 5.16 Å². The molecular formula is C15H18N2O4. The van der Waals surface area contributed by atoms with Gasteiger partial charge in [0.2, 0.25) is 5.82 Å².